The molecule has 0 fully saturated rings. The van der Waals surface area contributed by atoms with Gasteiger partial charge in [-0.2, -0.15) is 5.26 Å². The van der Waals surface area contributed by atoms with Gasteiger partial charge in [-0.1, -0.05) is 0 Å². The Hall–Kier alpha value is -0.200. The van der Waals surface area contributed by atoms with Crippen LogP contribution in [0.3, 0.4) is 0 Å². The predicted octanol–water partition coefficient (Wildman–Crippen LogP) is 1.19. The third kappa shape index (κ3) is 5.80. The summed E-state index contributed by atoms with van der Waals surface area (Å²) < 4.78 is 4.77. The Kier molecular flexibility index (Phi) is 5.63. The van der Waals surface area contributed by atoms with Crippen molar-refractivity contribution < 1.29 is 4.18 Å². The van der Waals surface area contributed by atoms with Gasteiger partial charge in [-0.25, -0.2) is 0 Å². The number of hydrogen-bond acceptors (Lipinski definition) is 3. The van der Waals surface area contributed by atoms with Crippen LogP contribution >= 0.6 is 12.0 Å². The molecule has 0 radical (unpaired) electrons. The fourth-order valence-electron chi connectivity index (χ4n) is 0.171. The molecule has 0 heterocycles. The fraction of sp³-hybridized carbons (Fsp3) is 0.750. The van der Waals surface area contributed by atoms with Crippen molar-refractivity contribution in [3.05, 3.63) is 0 Å². The smallest absolute Gasteiger partial charge is 0.0743 e. The highest BCUT2D eigenvalue weighted by molar-refractivity contribution is 7.93. The van der Waals surface area contributed by atoms with Crippen LogP contribution in [0.5, 0.6) is 0 Å². The summed E-state index contributed by atoms with van der Waals surface area (Å²) in [5, 5.41) is 7.95. The van der Waals surface area contributed by atoms with Crippen LogP contribution in [0, 0.1) is 11.3 Å². The molecule has 0 aliphatic heterocycles. The highest BCUT2D eigenvalue weighted by atomic mass is 32.2. The van der Waals surface area contributed by atoms with Gasteiger partial charge in [-0.15, -0.1) is 0 Å². The first kappa shape index (κ1) is 6.80. The van der Waals surface area contributed by atoms with Gasteiger partial charge in [0.15, 0.2) is 0 Å². The van der Waals surface area contributed by atoms with Crippen LogP contribution in [0.15, 0.2) is 0 Å². The fourth-order valence-corrected chi connectivity index (χ4v) is 0.421. The average Bonchev–Trinajstić information content (AvgIpc) is 1.69. The Morgan fingerprint density at radius 3 is 3.00 bits per heavy atom. The van der Waals surface area contributed by atoms with E-state index >= 15 is 0 Å². The summed E-state index contributed by atoms with van der Waals surface area (Å²) in [7, 11) is 0. The zero-order valence-electron chi connectivity index (χ0n) is 4.18. The first-order valence-electron chi connectivity index (χ1n) is 1.94. The normalized spacial score (nSPS) is 8.00. The van der Waals surface area contributed by atoms with Gasteiger partial charge in [0, 0.05) is 6.26 Å². The molecule has 0 N–H and O–H groups in total. The lowest BCUT2D eigenvalue weighted by Crippen LogP contribution is -1.80. The maximum atomic E-state index is 7.95. The van der Waals surface area contributed by atoms with E-state index in [1.54, 1.807) is 0 Å². The largest absolute Gasteiger partial charge is 0.315 e. The first-order valence-corrected chi connectivity index (χ1v) is 3.09. The quantitative estimate of drug-likeness (QED) is 0.411. The Morgan fingerprint density at radius 1 is 1.86 bits per heavy atom. The van der Waals surface area contributed by atoms with Gasteiger partial charge in [0.05, 0.1) is 19.1 Å². The van der Waals surface area contributed by atoms with Crippen molar-refractivity contribution >= 4 is 12.0 Å². The molecular weight excluding hydrogens is 110 g/mol. The molecule has 3 heteroatoms. The molecule has 0 saturated heterocycles. The summed E-state index contributed by atoms with van der Waals surface area (Å²) in [6.07, 6.45) is 2.32. The number of nitriles is 1. The van der Waals surface area contributed by atoms with E-state index in [9.17, 15) is 0 Å². The van der Waals surface area contributed by atoms with E-state index in [0.717, 1.165) is 0 Å². The van der Waals surface area contributed by atoms with E-state index in [2.05, 4.69) is 0 Å². The van der Waals surface area contributed by atoms with Crippen molar-refractivity contribution in [2.24, 2.45) is 0 Å². The summed E-state index contributed by atoms with van der Waals surface area (Å²) in [5.74, 6) is 0. The van der Waals surface area contributed by atoms with Crippen LogP contribution in [0.4, 0.5) is 0 Å². The maximum Gasteiger partial charge on any atom is 0.0743 e. The molecule has 0 aliphatic carbocycles. The van der Waals surface area contributed by atoms with Crippen molar-refractivity contribution in [1.29, 1.82) is 5.26 Å². The number of nitrogens with zero attached hydrogens (tertiary/aromatic N) is 1. The van der Waals surface area contributed by atoms with E-state index in [0.29, 0.717) is 13.0 Å². The molecule has 0 aromatic rings. The third-order valence-electron chi connectivity index (χ3n) is 0.415. The number of rotatable bonds is 3. The molecule has 0 unspecified atom stereocenters. The standard InChI is InChI=1S/C4H7NOS/c1-7-6-4-2-3-5/h2,4H2,1H3. The van der Waals surface area contributed by atoms with E-state index in [1.165, 1.54) is 12.0 Å². The Morgan fingerprint density at radius 2 is 2.57 bits per heavy atom. The topological polar surface area (TPSA) is 33.0 Å². The van der Waals surface area contributed by atoms with Gasteiger partial charge in [-0.3, -0.25) is 0 Å². The second kappa shape index (κ2) is 5.80. The SMILES string of the molecule is CSOCCC#N. The van der Waals surface area contributed by atoms with Crippen LogP contribution < -0.4 is 0 Å². The van der Waals surface area contributed by atoms with Crippen molar-refractivity contribution in [3.8, 4) is 6.07 Å². The second-order valence-corrected chi connectivity index (χ2v) is 1.47. The van der Waals surface area contributed by atoms with Crippen LogP contribution in [0.25, 0.3) is 0 Å². The monoisotopic (exact) mass is 117 g/mol. The van der Waals surface area contributed by atoms with E-state index < -0.39 is 0 Å². The molecule has 0 aromatic heterocycles. The minimum atomic E-state index is 0.487. The van der Waals surface area contributed by atoms with Gasteiger partial charge >= 0.3 is 0 Å². The third-order valence-corrected chi connectivity index (χ3v) is 0.817. The summed E-state index contributed by atoms with van der Waals surface area (Å²) in [6.45, 7) is 0.539. The molecule has 0 rings (SSSR count). The lowest BCUT2D eigenvalue weighted by atomic mass is 10.5. The molecule has 0 bridgehead atoms. The van der Waals surface area contributed by atoms with Crippen LogP contribution in [-0.4, -0.2) is 12.9 Å². The summed E-state index contributed by atoms with van der Waals surface area (Å²) >= 11 is 1.29. The van der Waals surface area contributed by atoms with Crippen LogP contribution in [-0.2, 0) is 4.18 Å². The van der Waals surface area contributed by atoms with E-state index in [-0.39, 0.29) is 0 Å². The molecule has 40 valence electrons. The lowest BCUT2D eigenvalue weighted by Gasteiger charge is -1.88. The first-order chi connectivity index (χ1) is 3.41. The zero-order valence-corrected chi connectivity index (χ0v) is 4.99. The van der Waals surface area contributed by atoms with Crippen LogP contribution in [0.1, 0.15) is 6.42 Å². The lowest BCUT2D eigenvalue weighted by molar-refractivity contribution is 0.387. The molecule has 0 aromatic carbocycles. The Bertz CT molecular complexity index is 68.6. The van der Waals surface area contributed by atoms with Crippen LogP contribution in [0.2, 0.25) is 0 Å². The maximum absolute atomic E-state index is 7.95. The molecule has 0 atom stereocenters. The minimum Gasteiger partial charge on any atom is -0.315 e. The molecule has 0 aliphatic rings. The summed E-state index contributed by atoms with van der Waals surface area (Å²) in [6, 6.07) is 1.96. The van der Waals surface area contributed by atoms with Crippen molar-refractivity contribution in [2.45, 2.75) is 6.42 Å². The molecule has 0 saturated carbocycles. The molecule has 7 heavy (non-hydrogen) atoms. The predicted molar refractivity (Wildman–Crippen MR) is 29.7 cm³/mol. The molecular formula is C4H7NOS. The van der Waals surface area contributed by atoms with Crippen molar-refractivity contribution in [3.63, 3.8) is 0 Å². The molecule has 0 spiro atoms. The highest BCUT2D eigenvalue weighted by Gasteiger charge is 1.79. The van der Waals surface area contributed by atoms with Gasteiger partial charge in [0.1, 0.15) is 0 Å². The Balaban J connectivity index is 2.60. The zero-order chi connectivity index (χ0) is 5.54. The molecule has 0 amide bonds. The molecule has 2 nitrogen and oxygen atoms in total. The van der Waals surface area contributed by atoms with Gasteiger partial charge in [0.2, 0.25) is 0 Å². The van der Waals surface area contributed by atoms with E-state index in [1.807, 2.05) is 12.3 Å². The Labute approximate surface area is 47.7 Å². The average molecular weight is 117 g/mol. The second-order valence-electron chi connectivity index (χ2n) is 0.897. The van der Waals surface area contributed by atoms with Gasteiger partial charge in [-0.05, 0) is 12.0 Å². The van der Waals surface area contributed by atoms with Gasteiger partial charge < -0.3 is 4.18 Å². The minimum absolute atomic E-state index is 0.487. The number of hydrogen-bond donors (Lipinski definition) is 0. The summed E-state index contributed by atoms with van der Waals surface area (Å²) in [5.41, 5.74) is 0. The highest BCUT2D eigenvalue weighted by Crippen LogP contribution is 1.93. The summed E-state index contributed by atoms with van der Waals surface area (Å²) in [4.78, 5) is 0. The van der Waals surface area contributed by atoms with Gasteiger partial charge in [0.25, 0.3) is 0 Å². The van der Waals surface area contributed by atoms with E-state index in [4.69, 9.17) is 9.44 Å². The van der Waals surface area contributed by atoms with Crippen molar-refractivity contribution in [2.75, 3.05) is 12.9 Å². The van der Waals surface area contributed by atoms with Crippen molar-refractivity contribution in [1.82, 2.24) is 0 Å².